The van der Waals surface area contributed by atoms with E-state index in [9.17, 15) is 24.3 Å². The van der Waals surface area contributed by atoms with Crippen molar-refractivity contribution in [2.24, 2.45) is 5.92 Å². The number of imidazole rings is 1. The number of ether oxygens (including phenoxy) is 2. The van der Waals surface area contributed by atoms with Crippen LogP contribution in [-0.2, 0) is 43.3 Å². The number of carbonyl (C=O) groups is 4. The molecule has 0 aliphatic carbocycles. The summed E-state index contributed by atoms with van der Waals surface area (Å²) in [5.74, 6) is -1.71. The molecule has 1 aliphatic rings. The van der Waals surface area contributed by atoms with E-state index in [4.69, 9.17) is 9.47 Å². The van der Waals surface area contributed by atoms with E-state index in [1.54, 1.807) is 6.20 Å². The normalized spacial score (nSPS) is 15.9. The van der Waals surface area contributed by atoms with Gasteiger partial charge in [-0.15, -0.1) is 0 Å². The Bertz CT molecular complexity index is 1810. The third-order valence-electron chi connectivity index (χ3n) is 9.96. The van der Waals surface area contributed by atoms with Crippen molar-refractivity contribution in [2.75, 3.05) is 39.4 Å². The molecule has 2 heterocycles. The first-order chi connectivity index (χ1) is 26.7. The van der Waals surface area contributed by atoms with Gasteiger partial charge in [-0.3, -0.25) is 19.3 Å². The maximum absolute atomic E-state index is 14.2. The molecule has 1 unspecified atom stereocenters. The predicted octanol–water partition coefficient (Wildman–Crippen LogP) is 2.86. The fourth-order valence-corrected chi connectivity index (χ4v) is 6.60. The molecule has 0 bridgehead atoms. The van der Waals surface area contributed by atoms with Crippen LogP contribution in [0.25, 0.3) is 10.8 Å². The molecule has 1 fully saturated rings. The predicted molar refractivity (Wildman–Crippen MR) is 208 cm³/mol. The fraction of sp³-hybridized carbons (Fsp3) is 0.439. The monoisotopic (exact) mass is 755 g/mol. The number of H-pyrrole nitrogens is 1. The molecule has 14 nitrogen and oxygen atoms in total. The van der Waals surface area contributed by atoms with Gasteiger partial charge in [-0.25, -0.2) is 9.78 Å². The summed E-state index contributed by atoms with van der Waals surface area (Å²) < 4.78 is 10.9. The van der Waals surface area contributed by atoms with Crippen LogP contribution in [0, 0.1) is 5.92 Å². The van der Waals surface area contributed by atoms with E-state index >= 15 is 0 Å². The van der Waals surface area contributed by atoms with Crippen molar-refractivity contribution in [1.29, 1.82) is 0 Å². The second-order valence-corrected chi connectivity index (χ2v) is 13.9. The Hall–Kier alpha value is -5.31. The third kappa shape index (κ3) is 12.6. The number of hydrogen-bond acceptors (Lipinski definition) is 9. The number of nitrogens with zero attached hydrogens (tertiary/aromatic N) is 2. The molecule has 14 heteroatoms. The number of nitrogens with one attached hydrogen (secondary N) is 5. The molecule has 5 atom stereocenters. The molecule has 5 rings (SSSR count). The Morgan fingerprint density at radius 3 is 2.36 bits per heavy atom. The number of rotatable bonds is 19. The largest absolute Gasteiger partial charge is 0.445 e. The third-order valence-corrected chi connectivity index (χ3v) is 9.96. The number of aromatic nitrogens is 2. The summed E-state index contributed by atoms with van der Waals surface area (Å²) in [6.07, 6.45) is 1.65. The standard InChI is InChI=1S/C41H53N7O7/c1-3-28(2)38(36(49)24-37(50)43-16-17-48-18-20-54-21-19-48)47-40(52)35(23-32-25-42-27-44-32)45-39(51)34(46-41(53)55-26-29-10-5-4-6-11-29)22-31-14-9-13-30-12-7-8-15-33(30)31/h4-15,25,27-28,34-36,38,49H,3,16-24,26H2,1-2H3,(H,42,44)(H,43,50)(H,45,51)(H,46,53)(H,47,52)/t28?,34-,35-,36-,38-/m0/s1. The van der Waals surface area contributed by atoms with Crippen LogP contribution in [-0.4, -0.2) is 107 Å². The van der Waals surface area contributed by atoms with E-state index in [1.807, 2.05) is 86.6 Å². The molecular formula is C41H53N7O7. The first-order valence-corrected chi connectivity index (χ1v) is 19.0. The number of fused-ring (bicyclic) bond motifs is 1. The number of amides is 4. The highest BCUT2D eigenvalue weighted by Gasteiger charge is 2.33. The van der Waals surface area contributed by atoms with Gasteiger partial charge in [0.15, 0.2) is 0 Å². The molecule has 4 amide bonds. The molecule has 4 aromatic rings. The van der Waals surface area contributed by atoms with E-state index in [0.717, 1.165) is 35.0 Å². The number of morpholine rings is 1. The van der Waals surface area contributed by atoms with Crippen molar-refractivity contribution >= 4 is 34.6 Å². The van der Waals surface area contributed by atoms with Crippen LogP contribution >= 0.6 is 0 Å². The smallest absolute Gasteiger partial charge is 0.408 e. The summed E-state index contributed by atoms with van der Waals surface area (Å²) in [5, 5.41) is 24.6. The fourth-order valence-electron chi connectivity index (χ4n) is 6.60. The van der Waals surface area contributed by atoms with Gasteiger partial charge in [-0.05, 0) is 27.8 Å². The number of benzene rings is 3. The molecule has 294 valence electrons. The van der Waals surface area contributed by atoms with Gasteiger partial charge in [0.1, 0.15) is 18.7 Å². The lowest BCUT2D eigenvalue weighted by atomic mass is 9.92. The first kappa shape index (κ1) is 40.9. The van der Waals surface area contributed by atoms with Crippen LogP contribution in [0.1, 0.15) is 43.5 Å². The van der Waals surface area contributed by atoms with Crippen LogP contribution in [0.2, 0.25) is 0 Å². The number of aliphatic hydroxyl groups is 1. The zero-order valence-corrected chi connectivity index (χ0v) is 31.5. The summed E-state index contributed by atoms with van der Waals surface area (Å²) in [7, 11) is 0. The van der Waals surface area contributed by atoms with Crippen molar-refractivity contribution in [3.63, 3.8) is 0 Å². The number of aromatic amines is 1. The molecule has 0 spiro atoms. The van der Waals surface area contributed by atoms with E-state index in [1.165, 1.54) is 6.33 Å². The van der Waals surface area contributed by atoms with Crippen LogP contribution in [0.15, 0.2) is 85.3 Å². The van der Waals surface area contributed by atoms with Gasteiger partial charge < -0.3 is 40.8 Å². The Morgan fingerprint density at radius 1 is 0.909 bits per heavy atom. The van der Waals surface area contributed by atoms with Gasteiger partial charge in [0.25, 0.3) is 0 Å². The average molecular weight is 756 g/mol. The second-order valence-electron chi connectivity index (χ2n) is 13.9. The lowest BCUT2D eigenvalue weighted by molar-refractivity contribution is -0.131. The zero-order valence-electron chi connectivity index (χ0n) is 31.5. The maximum atomic E-state index is 14.2. The highest BCUT2D eigenvalue weighted by Crippen LogP contribution is 2.21. The topological polar surface area (TPSA) is 187 Å². The van der Waals surface area contributed by atoms with Crippen LogP contribution in [0.5, 0.6) is 0 Å². The summed E-state index contributed by atoms with van der Waals surface area (Å²) in [5.41, 5.74) is 2.12. The number of carbonyl (C=O) groups excluding carboxylic acids is 4. The van der Waals surface area contributed by atoms with E-state index in [2.05, 4.69) is 36.1 Å². The van der Waals surface area contributed by atoms with E-state index < -0.39 is 42.1 Å². The van der Waals surface area contributed by atoms with Gasteiger partial charge in [-0.2, -0.15) is 0 Å². The lowest BCUT2D eigenvalue weighted by Gasteiger charge is -2.31. The minimum atomic E-state index is -1.19. The molecule has 1 aliphatic heterocycles. The van der Waals surface area contributed by atoms with Gasteiger partial charge in [-0.1, -0.05) is 93.1 Å². The Morgan fingerprint density at radius 2 is 1.62 bits per heavy atom. The molecule has 1 aromatic heterocycles. The SMILES string of the molecule is CCC(C)[C@H](NC(=O)[C@H](Cc1c[nH]cn1)NC(=O)[C@H](Cc1cccc2ccccc12)NC(=O)OCc1ccccc1)[C@@H](O)CC(=O)NCCN1CCOCC1. The number of alkyl carbamates (subject to hydrolysis) is 1. The molecule has 6 N–H and O–H groups in total. The summed E-state index contributed by atoms with van der Waals surface area (Å²) in [6, 6.07) is 19.6. The highest BCUT2D eigenvalue weighted by molar-refractivity contribution is 5.93. The van der Waals surface area contributed by atoms with Gasteiger partial charge >= 0.3 is 6.09 Å². The average Bonchev–Trinajstić information content (AvgIpc) is 3.72. The molecule has 1 saturated heterocycles. The second kappa shape index (κ2) is 21.0. The summed E-state index contributed by atoms with van der Waals surface area (Å²) in [6.45, 7) is 7.85. The zero-order chi connectivity index (χ0) is 39.0. The minimum Gasteiger partial charge on any atom is -0.445 e. The van der Waals surface area contributed by atoms with Crippen molar-refractivity contribution in [3.8, 4) is 0 Å². The van der Waals surface area contributed by atoms with Gasteiger partial charge in [0.05, 0.1) is 43.8 Å². The molecular weight excluding hydrogens is 702 g/mol. The van der Waals surface area contributed by atoms with Crippen molar-refractivity contribution in [3.05, 3.63) is 102 Å². The molecule has 55 heavy (non-hydrogen) atoms. The van der Waals surface area contributed by atoms with E-state index in [0.29, 0.717) is 38.4 Å². The lowest BCUT2D eigenvalue weighted by Crippen LogP contribution is -2.58. The molecule has 3 aromatic carbocycles. The van der Waals surface area contributed by atoms with Crippen LogP contribution < -0.4 is 21.3 Å². The van der Waals surface area contributed by atoms with Crippen molar-refractivity contribution in [2.45, 2.75) is 70.4 Å². The summed E-state index contributed by atoms with van der Waals surface area (Å²) in [4.78, 5) is 63.7. The number of aliphatic hydroxyl groups excluding tert-OH is 1. The quantitative estimate of drug-likeness (QED) is 0.0837. The van der Waals surface area contributed by atoms with Gasteiger partial charge in [0, 0.05) is 45.2 Å². The Balaban J connectivity index is 1.30. The molecule has 0 saturated carbocycles. The van der Waals surface area contributed by atoms with Gasteiger partial charge in [0.2, 0.25) is 17.7 Å². The van der Waals surface area contributed by atoms with Crippen molar-refractivity contribution in [1.82, 2.24) is 36.1 Å². The highest BCUT2D eigenvalue weighted by atomic mass is 16.5. The maximum Gasteiger partial charge on any atom is 0.408 e. The van der Waals surface area contributed by atoms with Crippen LogP contribution in [0.4, 0.5) is 4.79 Å². The Kier molecular flexibility index (Phi) is 15.6. The summed E-state index contributed by atoms with van der Waals surface area (Å²) >= 11 is 0. The number of hydrogen-bond donors (Lipinski definition) is 6. The first-order valence-electron chi connectivity index (χ1n) is 19.0. The Labute approximate surface area is 321 Å². The van der Waals surface area contributed by atoms with Crippen molar-refractivity contribution < 1.29 is 33.8 Å². The minimum absolute atomic E-state index is 0.00466. The van der Waals surface area contributed by atoms with Crippen LogP contribution in [0.3, 0.4) is 0 Å². The van der Waals surface area contributed by atoms with E-state index in [-0.39, 0.29) is 37.7 Å². The molecule has 0 radical (unpaired) electrons.